The van der Waals surface area contributed by atoms with Crippen LogP contribution in [0.25, 0.3) is 0 Å². The summed E-state index contributed by atoms with van der Waals surface area (Å²) >= 11 is 0. The van der Waals surface area contributed by atoms with Crippen molar-refractivity contribution in [3.05, 3.63) is 29.8 Å². The number of amides is 1. The molecular formula is C9H10NO2. The van der Waals surface area contributed by atoms with Crippen molar-refractivity contribution in [2.75, 3.05) is 14.2 Å². The van der Waals surface area contributed by atoms with Crippen LogP contribution in [0.1, 0.15) is 10.4 Å². The molecule has 0 spiro atoms. The first-order valence-corrected chi connectivity index (χ1v) is 3.56. The Morgan fingerprint density at radius 1 is 1.33 bits per heavy atom. The first-order valence-electron chi connectivity index (χ1n) is 3.56. The van der Waals surface area contributed by atoms with Gasteiger partial charge < -0.3 is 4.74 Å². The maximum absolute atomic E-state index is 11.0. The minimum atomic E-state index is -0.211. The first kappa shape index (κ1) is 8.59. The molecule has 0 bridgehead atoms. The highest BCUT2D eigenvalue weighted by molar-refractivity contribution is 5.93. The van der Waals surface area contributed by atoms with Crippen molar-refractivity contribution < 1.29 is 9.53 Å². The summed E-state index contributed by atoms with van der Waals surface area (Å²) in [5.74, 6) is 0.528. The minimum Gasteiger partial charge on any atom is -0.497 e. The zero-order valence-corrected chi connectivity index (χ0v) is 7.07. The van der Waals surface area contributed by atoms with Gasteiger partial charge in [0, 0.05) is 12.6 Å². The van der Waals surface area contributed by atoms with Crippen molar-refractivity contribution in [3.8, 4) is 5.75 Å². The summed E-state index contributed by atoms with van der Waals surface area (Å²) < 4.78 is 4.94. The Hall–Kier alpha value is -1.51. The third kappa shape index (κ3) is 1.75. The zero-order chi connectivity index (χ0) is 8.97. The summed E-state index contributed by atoms with van der Waals surface area (Å²) in [7, 11) is 3.06. The molecule has 0 saturated carbocycles. The van der Waals surface area contributed by atoms with E-state index < -0.39 is 0 Å². The summed E-state index contributed by atoms with van der Waals surface area (Å²) in [4.78, 5) is 11.0. The highest BCUT2D eigenvalue weighted by Crippen LogP contribution is 2.10. The Labute approximate surface area is 71.4 Å². The van der Waals surface area contributed by atoms with E-state index in [4.69, 9.17) is 4.74 Å². The second-order valence-corrected chi connectivity index (χ2v) is 2.26. The lowest BCUT2D eigenvalue weighted by atomic mass is 10.2. The van der Waals surface area contributed by atoms with Gasteiger partial charge in [-0.25, -0.2) is 0 Å². The maximum atomic E-state index is 11.0. The molecule has 0 aliphatic heterocycles. The lowest BCUT2D eigenvalue weighted by molar-refractivity contribution is 0.0959. The summed E-state index contributed by atoms with van der Waals surface area (Å²) in [6.07, 6.45) is 0. The Balaban J connectivity index is 2.84. The van der Waals surface area contributed by atoms with Gasteiger partial charge in [-0.2, -0.15) is 0 Å². The molecule has 0 unspecified atom stereocenters. The summed E-state index contributed by atoms with van der Waals surface area (Å²) in [6.45, 7) is 0. The number of ether oxygens (including phenoxy) is 1. The van der Waals surface area contributed by atoms with Crippen molar-refractivity contribution in [3.63, 3.8) is 0 Å². The van der Waals surface area contributed by atoms with Crippen LogP contribution in [-0.4, -0.2) is 20.1 Å². The normalized spacial score (nSPS) is 9.17. The van der Waals surface area contributed by atoms with Gasteiger partial charge in [-0.05, 0) is 24.3 Å². The molecule has 3 nitrogen and oxygen atoms in total. The number of carbonyl (C=O) groups is 1. The molecule has 63 valence electrons. The molecule has 12 heavy (non-hydrogen) atoms. The Bertz CT molecular complexity index is 266. The van der Waals surface area contributed by atoms with Crippen LogP contribution in [0, 0.1) is 0 Å². The van der Waals surface area contributed by atoms with Crippen LogP contribution >= 0.6 is 0 Å². The van der Waals surface area contributed by atoms with Crippen LogP contribution in [0.15, 0.2) is 24.3 Å². The van der Waals surface area contributed by atoms with Crippen LogP contribution in [0.2, 0.25) is 0 Å². The lowest BCUT2D eigenvalue weighted by Gasteiger charge is -2.00. The third-order valence-electron chi connectivity index (χ3n) is 1.54. The van der Waals surface area contributed by atoms with Gasteiger partial charge in [0.2, 0.25) is 0 Å². The highest BCUT2D eigenvalue weighted by Gasteiger charge is 2.02. The number of nitrogens with zero attached hydrogens (tertiary/aromatic N) is 1. The van der Waals surface area contributed by atoms with Crippen LogP contribution < -0.4 is 10.1 Å². The molecular weight excluding hydrogens is 154 g/mol. The van der Waals surface area contributed by atoms with E-state index in [2.05, 4.69) is 5.32 Å². The summed E-state index contributed by atoms with van der Waals surface area (Å²) in [5.41, 5.74) is 0.582. The van der Waals surface area contributed by atoms with Gasteiger partial charge in [-0.1, -0.05) is 0 Å². The highest BCUT2D eigenvalue weighted by atomic mass is 16.5. The number of hydrogen-bond donors (Lipinski definition) is 0. The van der Waals surface area contributed by atoms with E-state index in [0.717, 1.165) is 5.75 Å². The molecule has 0 aromatic heterocycles. The predicted octanol–water partition coefficient (Wildman–Crippen LogP) is 1.07. The smallest absolute Gasteiger partial charge is 0.272 e. The van der Waals surface area contributed by atoms with Gasteiger partial charge >= 0.3 is 0 Å². The molecule has 0 saturated heterocycles. The summed E-state index contributed by atoms with van der Waals surface area (Å²) in [6, 6.07) is 6.85. The van der Waals surface area contributed by atoms with Gasteiger partial charge in [-0.15, -0.1) is 0 Å². The molecule has 0 fully saturated rings. The molecule has 0 aliphatic carbocycles. The van der Waals surface area contributed by atoms with Gasteiger partial charge in [0.25, 0.3) is 5.91 Å². The molecule has 3 heteroatoms. The maximum Gasteiger partial charge on any atom is 0.272 e. The van der Waals surface area contributed by atoms with E-state index in [9.17, 15) is 4.79 Å². The SMILES string of the molecule is C[N]C(=O)c1ccc(OC)cc1. The average Bonchev–Trinajstić information content (AvgIpc) is 2.17. The predicted molar refractivity (Wildman–Crippen MR) is 45.4 cm³/mol. The molecule has 1 aromatic rings. The standard InChI is InChI=1S/C9H10NO2/c1-10-9(11)7-3-5-8(12-2)6-4-7/h3-6H,1-2H3. The molecule has 0 atom stereocenters. The third-order valence-corrected chi connectivity index (χ3v) is 1.54. The fourth-order valence-electron chi connectivity index (χ4n) is 0.863. The van der Waals surface area contributed by atoms with Crippen molar-refractivity contribution in [1.82, 2.24) is 5.32 Å². The van der Waals surface area contributed by atoms with Gasteiger partial charge in [0.15, 0.2) is 0 Å². The second kappa shape index (κ2) is 3.76. The van der Waals surface area contributed by atoms with Crippen molar-refractivity contribution in [2.24, 2.45) is 0 Å². The van der Waals surface area contributed by atoms with Gasteiger partial charge in [0.1, 0.15) is 5.75 Å². The monoisotopic (exact) mass is 164 g/mol. The average molecular weight is 164 g/mol. The van der Waals surface area contributed by atoms with E-state index in [1.807, 2.05) is 0 Å². The molecule has 0 aliphatic rings. The van der Waals surface area contributed by atoms with Crippen LogP contribution in [0.4, 0.5) is 0 Å². The first-order chi connectivity index (χ1) is 5.77. The van der Waals surface area contributed by atoms with E-state index in [0.29, 0.717) is 5.56 Å². The topological polar surface area (TPSA) is 40.4 Å². The number of methoxy groups -OCH3 is 1. The van der Waals surface area contributed by atoms with Crippen LogP contribution in [-0.2, 0) is 0 Å². The van der Waals surface area contributed by atoms with Crippen LogP contribution in [0.3, 0.4) is 0 Å². The number of hydrogen-bond acceptors (Lipinski definition) is 2. The Morgan fingerprint density at radius 3 is 2.33 bits per heavy atom. The van der Waals surface area contributed by atoms with E-state index in [1.165, 1.54) is 7.05 Å². The second-order valence-electron chi connectivity index (χ2n) is 2.26. The van der Waals surface area contributed by atoms with Crippen LogP contribution in [0.5, 0.6) is 5.75 Å². The van der Waals surface area contributed by atoms with E-state index in [-0.39, 0.29) is 5.91 Å². The molecule has 0 heterocycles. The number of rotatable bonds is 2. The van der Waals surface area contributed by atoms with E-state index >= 15 is 0 Å². The quantitative estimate of drug-likeness (QED) is 0.656. The Kier molecular flexibility index (Phi) is 2.69. The fourth-order valence-corrected chi connectivity index (χ4v) is 0.863. The number of carbonyl (C=O) groups excluding carboxylic acids is 1. The number of benzene rings is 1. The van der Waals surface area contributed by atoms with Crippen molar-refractivity contribution in [2.45, 2.75) is 0 Å². The van der Waals surface area contributed by atoms with Crippen molar-refractivity contribution in [1.29, 1.82) is 0 Å². The lowest BCUT2D eigenvalue weighted by Crippen LogP contribution is -2.09. The Morgan fingerprint density at radius 2 is 1.92 bits per heavy atom. The minimum absolute atomic E-state index is 0.211. The molecule has 1 radical (unpaired) electrons. The van der Waals surface area contributed by atoms with Gasteiger partial charge in [-0.3, -0.25) is 10.1 Å². The largest absolute Gasteiger partial charge is 0.497 e. The van der Waals surface area contributed by atoms with Crippen molar-refractivity contribution >= 4 is 5.91 Å². The molecule has 1 amide bonds. The fraction of sp³-hybridized carbons (Fsp3) is 0.222. The molecule has 1 aromatic carbocycles. The summed E-state index contributed by atoms with van der Waals surface area (Å²) in [5, 5.41) is 3.53. The van der Waals surface area contributed by atoms with E-state index in [1.54, 1.807) is 31.4 Å². The molecule has 1 rings (SSSR count). The zero-order valence-electron chi connectivity index (χ0n) is 7.07. The van der Waals surface area contributed by atoms with Gasteiger partial charge in [0.05, 0.1) is 7.11 Å². The molecule has 0 N–H and O–H groups in total.